The number of hydrogen-bond acceptors (Lipinski definition) is 6. The second-order valence-electron chi connectivity index (χ2n) is 5.09. The van der Waals surface area contributed by atoms with Crippen LogP contribution in [0.5, 0.6) is 0 Å². The third kappa shape index (κ3) is 4.51. The second-order valence-corrected chi connectivity index (χ2v) is 6.55. The number of carbonyl (C=O) groups is 1. The molecule has 0 saturated heterocycles. The molecule has 0 spiro atoms. The molecule has 118 valence electrons. The van der Waals surface area contributed by atoms with E-state index in [9.17, 15) is 4.79 Å². The molecule has 0 radical (unpaired) electrons. The summed E-state index contributed by atoms with van der Waals surface area (Å²) < 4.78 is 0. The molecule has 7 heteroatoms. The van der Waals surface area contributed by atoms with Crippen molar-refractivity contribution >= 4 is 23.2 Å². The lowest BCUT2D eigenvalue weighted by molar-refractivity contribution is -0.120. The Kier molecular flexibility index (Phi) is 5.46. The average molecular weight is 320 g/mol. The molecule has 6 nitrogen and oxygen atoms in total. The van der Waals surface area contributed by atoms with Gasteiger partial charge in [0.15, 0.2) is 0 Å². The number of rotatable bonds is 6. The van der Waals surface area contributed by atoms with Gasteiger partial charge in [0.05, 0.1) is 12.3 Å². The van der Waals surface area contributed by atoms with Gasteiger partial charge in [0.1, 0.15) is 0 Å². The van der Waals surface area contributed by atoms with Gasteiger partial charge in [-0.1, -0.05) is 0 Å². The fourth-order valence-corrected chi connectivity index (χ4v) is 3.11. The Labute approximate surface area is 133 Å². The number of aliphatic hydroxyl groups excluding tert-OH is 1. The van der Waals surface area contributed by atoms with E-state index in [1.165, 1.54) is 15.3 Å². The Morgan fingerprint density at radius 3 is 2.68 bits per heavy atom. The third-order valence-electron chi connectivity index (χ3n) is 3.15. The summed E-state index contributed by atoms with van der Waals surface area (Å²) in [6.45, 7) is 5.77. The summed E-state index contributed by atoms with van der Waals surface area (Å²) in [4.78, 5) is 22.6. The number of carbonyl (C=O) groups excluding carboxylic acids is 1. The molecule has 0 bridgehead atoms. The first kappa shape index (κ1) is 16.4. The lowest BCUT2D eigenvalue weighted by Crippen LogP contribution is -2.30. The second kappa shape index (κ2) is 7.33. The molecule has 0 aromatic carbocycles. The molecule has 0 unspecified atom stereocenters. The van der Waals surface area contributed by atoms with Crippen LogP contribution in [0, 0.1) is 20.8 Å². The number of amides is 1. The summed E-state index contributed by atoms with van der Waals surface area (Å²) in [7, 11) is 0. The largest absolute Gasteiger partial charge is 0.390 e. The molecule has 2 heterocycles. The first-order valence-electron chi connectivity index (χ1n) is 7.04. The van der Waals surface area contributed by atoms with E-state index >= 15 is 0 Å². The van der Waals surface area contributed by atoms with E-state index in [-0.39, 0.29) is 18.5 Å². The minimum atomic E-state index is -0.164. The highest BCUT2D eigenvalue weighted by Crippen LogP contribution is 2.21. The van der Waals surface area contributed by atoms with Gasteiger partial charge in [0, 0.05) is 21.9 Å². The standard InChI is InChI=1S/C15H20N4O2S/c1-9-6-13(8-20)17-15(16-9)19-18-14(21)5-4-12-7-10(2)22-11(12)3/h6-7,20H,4-5,8H2,1-3H3,(H,18,21)(H,16,17,19). The van der Waals surface area contributed by atoms with Crippen LogP contribution in [0.1, 0.15) is 33.1 Å². The van der Waals surface area contributed by atoms with Gasteiger partial charge in [0.25, 0.3) is 0 Å². The number of anilines is 1. The van der Waals surface area contributed by atoms with Crippen LogP contribution in [0.3, 0.4) is 0 Å². The van der Waals surface area contributed by atoms with E-state index in [1.54, 1.807) is 24.3 Å². The predicted molar refractivity (Wildman–Crippen MR) is 86.6 cm³/mol. The molecule has 1 amide bonds. The van der Waals surface area contributed by atoms with Crippen molar-refractivity contribution in [2.75, 3.05) is 5.43 Å². The van der Waals surface area contributed by atoms with Crippen LogP contribution in [0.25, 0.3) is 0 Å². The minimum Gasteiger partial charge on any atom is -0.390 e. The van der Waals surface area contributed by atoms with Crippen LogP contribution >= 0.6 is 11.3 Å². The van der Waals surface area contributed by atoms with Gasteiger partial charge in [-0.15, -0.1) is 11.3 Å². The van der Waals surface area contributed by atoms with Gasteiger partial charge in [-0.2, -0.15) is 0 Å². The molecule has 22 heavy (non-hydrogen) atoms. The Morgan fingerprint density at radius 2 is 2.05 bits per heavy atom. The van der Waals surface area contributed by atoms with Crippen molar-refractivity contribution in [1.82, 2.24) is 15.4 Å². The van der Waals surface area contributed by atoms with Gasteiger partial charge in [-0.3, -0.25) is 15.6 Å². The maximum atomic E-state index is 11.9. The molecule has 0 fully saturated rings. The SMILES string of the molecule is Cc1cc(CO)nc(NNC(=O)CCc2cc(C)sc2C)n1. The summed E-state index contributed by atoms with van der Waals surface area (Å²) >= 11 is 1.75. The van der Waals surface area contributed by atoms with Crippen molar-refractivity contribution in [3.05, 3.63) is 38.8 Å². The molecule has 2 aromatic rings. The number of thiophene rings is 1. The van der Waals surface area contributed by atoms with E-state index in [1.807, 2.05) is 0 Å². The van der Waals surface area contributed by atoms with Crippen molar-refractivity contribution in [2.45, 2.75) is 40.2 Å². The molecule has 0 aliphatic rings. The van der Waals surface area contributed by atoms with Crippen molar-refractivity contribution in [3.8, 4) is 0 Å². The summed E-state index contributed by atoms with van der Waals surface area (Å²) in [5, 5.41) is 9.10. The van der Waals surface area contributed by atoms with Gasteiger partial charge in [0.2, 0.25) is 11.9 Å². The van der Waals surface area contributed by atoms with Crippen LogP contribution in [0.4, 0.5) is 5.95 Å². The maximum Gasteiger partial charge on any atom is 0.242 e. The zero-order valence-corrected chi connectivity index (χ0v) is 13.8. The molecule has 0 saturated carbocycles. The van der Waals surface area contributed by atoms with Crippen LogP contribution in [-0.4, -0.2) is 21.0 Å². The summed E-state index contributed by atoms with van der Waals surface area (Å²) in [5.74, 6) is 0.152. The number of hydrogen-bond donors (Lipinski definition) is 3. The molecule has 0 aliphatic carbocycles. The van der Waals surface area contributed by atoms with Crippen LogP contribution < -0.4 is 10.9 Å². The molecular formula is C15H20N4O2S. The molecule has 2 rings (SSSR count). The number of aliphatic hydroxyl groups is 1. The quantitative estimate of drug-likeness (QED) is 0.709. The highest BCUT2D eigenvalue weighted by Gasteiger charge is 2.07. The Bertz CT molecular complexity index is 670. The molecule has 0 aliphatic heterocycles. The van der Waals surface area contributed by atoms with Gasteiger partial charge < -0.3 is 5.11 Å². The Morgan fingerprint density at radius 1 is 1.27 bits per heavy atom. The van der Waals surface area contributed by atoms with Gasteiger partial charge in [-0.25, -0.2) is 9.97 Å². The van der Waals surface area contributed by atoms with Crippen LogP contribution in [0.15, 0.2) is 12.1 Å². The normalized spacial score (nSPS) is 10.5. The van der Waals surface area contributed by atoms with Crippen LogP contribution in [-0.2, 0) is 17.8 Å². The number of hydrazine groups is 1. The number of aryl methyl sites for hydroxylation is 4. The summed E-state index contributed by atoms with van der Waals surface area (Å²) in [6, 6.07) is 3.81. The fraction of sp³-hybridized carbons (Fsp3) is 0.400. The smallest absolute Gasteiger partial charge is 0.242 e. The molecule has 0 atom stereocenters. The first-order chi connectivity index (χ1) is 10.5. The van der Waals surface area contributed by atoms with Crippen LogP contribution in [0.2, 0.25) is 0 Å². The molecular weight excluding hydrogens is 300 g/mol. The maximum absolute atomic E-state index is 11.9. The van der Waals surface area contributed by atoms with E-state index < -0.39 is 0 Å². The third-order valence-corrected chi connectivity index (χ3v) is 4.16. The summed E-state index contributed by atoms with van der Waals surface area (Å²) in [6.07, 6.45) is 1.10. The van der Waals surface area contributed by atoms with E-state index in [4.69, 9.17) is 5.11 Å². The monoisotopic (exact) mass is 320 g/mol. The zero-order valence-electron chi connectivity index (χ0n) is 12.9. The lowest BCUT2D eigenvalue weighted by Gasteiger charge is -2.08. The van der Waals surface area contributed by atoms with Crippen molar-refractivity contribution in [1.29, 1.82) is 0 Å². The Balaban J connectivity index is 1.85. The summed E-state index contributed by atoms with van der Waals surface area (Å²) in [5.41, 5.74) is 7.71. The van der Waals surface area contributed by atoms with Gasteiger partial charge in [-0.05, 0) is 44.9 Å². The zero-order chi connectivity index (χ0) is 16.1. The number of aromatic nitrogens is 2. The highest BCUT2D eigenvalue weighted by molar-refractivity contribution is 7.12. The predicted octanol–water partition coefficient (Wildman–Crippen LogP) is 2.03. The van der Waals surface area contributed by atoms with E-state index in [0.717, 1.165) is 5.69 Å². The fourth-order valence-electron chi connectivity index (χ4n) is 2.14. The minimum absolute atomic E-state index is 0.126. The topological polar surface area (TPSA) is 87.1 Å². The van der Waals surface area contributed by atoms with Crippen molar-refractivity contribution in [3.63, 3.8) is 0 Å². The van der Waals surface area contributed by atoms with Gasteiger partial charge >= 0.3 is 0 Å². The van der Waals surface area contributed by atoms with E-state index in [2.05, 4.69) is 40.7 Å². The lowest BCUT2D eigenvalue weighted by atomic mass is 10.1. The number of nitrogens with one attached hydrogen (secondary N) is 2. The molecule has 3 N–H and O–H groups in total. The first-order valence-corrected chi connectivity index (χ1v) is 7.85. The molecule has 2 aromatic heterocycles. The number of nitrogens with zero attached hydrogens (tertiary/aromatic N) is 2. The van der Waals surface area contributed by atoms with Crippen molar-refractivity contribution in [2.24, 2.45) is 0 Å². The van der Waals surface area contributed by atoms with E-state index in [0.29, 0.717) is 18.5 Å². The Hall–Kier alpha value is -1.99. The average Bonchev–Trinajstić information content (AvgIpc) is 2.80. The highest BCUT2D eigenvalue weighted by atomic mass is 32.1. The van der Waals surface area contributed by atoms with Crippen molar-refractivity contribution < 1.29 is 9.90 Å².